The average Bonchev–Trinajstić information content (AvgIpc) is 2.48. The molecule has 1 unspecified atom stereocenters. The van der Waals surface area contributed by atoms with E-state index in [9.17, 15) is 0 Å². The summed E-state index contributed by atoms with van der Waals surface area (Å²) in [4.78, 5) is 0.439. The lowest BCUT2D eigenvalue weighted by Crippen LogP contribution is -2.09. The first-order valence-corrected chi connectivity index (χ1v) is 7.26. The van der Waals surface area contributed by atoms with Crippen LogP contribution in [0, 0.1) is 0 Å². The zero-order valence-electron chi connectivity index (χ0n) is 11.7. The van der Waals surface area contributed by atoms with E-state index in [0.29, 0.717) is 10.9 Å². The van der Waals surface area contributed by atoms with Crippen LogP contribution in [0.2, 0.25) is 0 Å². The van der Waals surface area contributed by atoms with Gasteiger partial charge in [0.2, 0.25) is 0 Å². The molecule has 2 rings (SSSR count). The van der Waals surface area contributed by atoms with Gasteiger partial charge in [0.15, 0.2) is 0 Å². The summed E-state index contributed by atoms with van der Waals surface area (Å²) < 4.78 is 0. The third-order valence-corrected chi connectivity index (χ3v) is 3.68. The van der Waals surface area contributed by atoms with E-state index in [0.717, 1.165) is 24.2 Å². The van der Waals surface area contributed by atoms with Crippen molar-refractivity contribution in [1.82, 2.24) is 0 Å². The van der Waals surface area contributed by atoms with Crippen molar-refractivity contribution in [3.8, 4) is 0 Å². The molecular formula is C17H20N2S. The van der Waals surface area contributed by atoms with Crippen LogP contribution in [-0.4, -0.2) is 11.5 Å². The molecule has 0 aliphatic carbocycles. The van der Waals surface area contributed by atoms with Crippen molar-refractivity contribution in [1.29, 1.82) is 0 Å². The van der Waals surface area contributed by atoms with Gasteiger partial charge in [-0.15, -0.1) is 0 Å². The van der Waals surface area contributed by atoms with Gasteiger partial charge in [-0.2, -0.15) is 0 Å². The molecule has 0 aliphatic heterocycles. The first-order chi connectivity index (χ1) is 9.66. The van der Waals surface area contributed by atoms with Crippen LogP contribution in [0.3, 0.4) is 0 Å². The molecule has 2 aromatic carbocycles. The van der Waals surface area contributed by atoms with Gasteiger partial charge >= 0.3 is 0 Å². The summed E-state index contributed by atoms with van der Waals surface area (Å²) >= 11 is 4.94. The molecule has 2 aromatic rings. The molecule has 20 heavy (non-hydrogen) atoms. The Labute approximate surface area is 126 Å². The first kappa shape index (κ1) is 14.5. The van der Waals surface area contributed by atoms with Crippen LogP contribution < -0.4 is 11.1 Å². The highest BCUT2D eigenvalue weighted by molar-refractivity contribution is 7.80. The van der Waals surface area contributed by atoms with Crippen LogP contribution in [0.4, 0.5) is 5.69 Å². The normalized spacial score (nSPS) is 11.8. The molecule has 1 atom stereocenters. The van der Waals surface area contributed by atoms with Gasteiger partial charge in [-0.25, -0.2) is 0 Å². The van der Waals surface area contributed by atoms with Crippen LogP contribution in [0.15, 0.2) is 54.6 Å². The van der Waals surface area contributed by atoms with Crippen LogP contribution >= 0.6 is 12.2 Å². The number of hydrogen-bond acceptors (Lipinski definition) is 2. The van der Waals surface area contributed by atoms with Gasteiger partial charge in [0, 0.05) is 17.8 Å². The standard InChI is InChI=1S/C17H20N2S/c1-13(14-5-3-2-4-6-14)11-12-19-16-9-7-15(8-10-16)17(18)20/h2-10,13,19H,11-12H2,1H3,(H2,18,20). The summed E-state index contributed by atoms with van der Waals surface area (Å²) in [5, 5.41) is 3.43. The Hall–Kier alpha value is -1.87. The number of nitrogens with two attached hydrogens (primary N) is 1. The van der Waals surface area contributed by atoms with E-state index in [2.05, 4.69) is 42.6 Å². The molecular weight excluding hydrogens is 264 g/mol. The maximum Gasteiger partial charge on any atom is 0.103 e. The minimum Gasteiger partial charge on any atom is -0.389 e. The summed E-state index contributed by atoms with van der Waals surface area (Å²) in [6, 6.07) is 18.5. The number of anilines is 1. The SMILES string of the molecule is CC(CCNc1ccc(C(N)=S)cc1)c1ccccc1. The van der Waals surface area contributed by atoms with Gasteiger partial charge in [0.25, 0.3) is 0 Å². The number of nitrogens with one attached hydrogen (secondary N) is 1. The maximum absolute atomic E-state index is 5.58. The molecule has 0 amide bonds. The van der Waals surface area contributed by atoms with E-state index >= 15 is 0 Å². The monoisotopic (exact) mass is 284 g/mol. The molecule has 0 radical (unpaired) electrons. The van der Waals surface area contributed by atoms with Crippen LogP contribution in [-0.2, 0) is 0 Å². The van der Waals surface area contributed by atoms with E-state index < -0.39 is 0 Å². The first-order valence-electron chi connectivity index (χ1n) is 6.85. The molecule has 0 spiro atoms. The van der Waals surface area contributed by atoms with Crippen molar-refractivity contribution < 1.29 is 0 Å². The fourth-order valence-electron chi connectivity index (χ4n) is 2.13. The van der Waals surface area contributed by atoms with Crippen LogP contribution in [0.5, 0.6) is 0 Å². The highest BCUT2D eigenvalue weighted by Gasteiger charge is 2.04. The minimum atomic E-state index is 0.439. The quantitative estimate of drug-likeness (QED) is 0.789. The van der Waals surface area contributed by atoms with E-state index in [1.807, 2.05) is 24.3 Å². The summed E-state index contributed by atoms with van der Waals surface area (Å²) in [5.41, 5.74) is 8.97. The molecule has 2 nitrogen and oxygen atoms in total. The molecule has 0 bridgehead atoms. The molecule has 3 N–H and O–H groups in total. The van der Waals surface area contributed by atoms with Crippen molar-refractivity contribution in [2.75, 3.05) is 11.9 Å². The third kappa shape index (κ3) is 4.07. The predicted molar refractivity (Wildman–Crippen MR) is 90.3 cm³/mol. The van der Waals surface area contributed by atoms with Crippen molar-refractivity contribution >= 4 is 22.9 Å². The minimum absolute atomic E-state index is 0.439. The largest absolute Gasteiger partial charge is 0.389 e. The third-order valence-electron chi connectivity index (χ3n) is 3.44. The topological polar surface area (TPSA) is 38.0 Å². The Morgan fingerprint density at radius 3 is 2.35 bits per heavy atom. The second-order valence-electron chi connectivity index (χ2n) is 4.97. The van der Waals surface area contributed by atoms with Gasteiger partial charge in [-0.1, -0.05) is 49.5 Å². The number of thiocarbonyl (C=S) groups is 1. The predicted octanol–water partition coefficient (Wildman–Crippen LogP) is 3.93. The summed E-state index contributed by atoms with van der Waals surface area (Å²) in [5.74, 6) is 0.555. The van der Waals surface area contributed by atoms with Crippen molar-refractivity contribution in [2.45, 2.75) is 19.3 Å². The van der Waals surface area contributed by atoms with Crippen LogP contribution in [0.25, 0.3) is 0 Å². The zero-order chi connectivity index (χ0) is 14.4. The second kappa shape index (κ2) is 7.06. The molecule has 0 aliphatic rings. The number of rotatable bonds is 6. The summed E-state index contributed by atoms with van der Waals surface area (Å²) in [6.07, 6.45) is 1.10. The van der Waals surface area contributed by atoms with Crippen molar-refractivity contribution in [2.24, 2.45) is 5.73 Å². The Morgan fingerprint density at radius 2 is 1.75 bits per heavy atom. The lowest BCUT2D eigenvalue weighted by molar-refractivity contribution is 0.706. The molecule has 104 valence electrons. The smallest absolute Gasteiger partial charge is 0.103 e. The molecule has 0 saturated carbocycles. The fraction of sp³-hybridized carbons (Fsp3) is 0.235. The van der Waals surface area contributed by atoms with Gasteiger partial charge < -0.3 is 11.1 Å². The van der Waals surface area contributed by atoms with Crippen molar-refractivity contribution in [3.05, 3.63) is 65.7 Å². The summed E-state index contributed by atoms with van der Waals surface area (Å²) in [7, 11) is 0. The highest BCUT2D eigenvalue weighted by atomic mass is 32.1. The van der Waals surface area contributed by atoms with E-state index in [1.165, 1.54) is 5.56 Å². The average molecular weight is 284 g/mol. The lowest BCUT2D eigenvalue weighted by atomic mass is 9.98. The maximum atomic E-state index is 5.58. The Balaban J connectivity index is 1.82. The summed E-state index contributed by atoms with van der Waals surface area (Å²) in [6.45, 7) is 3.20. The van der Waals surface area contributed by atoms with Gasteiger partial charge in [-0.3, -0.25) is 0 Å². The van der Waals surface area contributed by atoms with Gasteiger partial charge in [0.1, 0.15) is 4.99 Å². The van der Waals surface area contributed by atoms with E-state index in [-0.39, 0.29) is 0 Å². The fourth-order valence-corrected chi connectivity index (χ4v) is 2.27. The number of hydrogen-bond donors (Lipinski definition) is 2. The molecule has 3 heteroatoms. The Bertz CT molecular complexity index is 549. The highest BCUT2D eigenvalue weighted by Crippen LogP contribution is 2.18. The Morgan fingerprint density at radius 1 is 1.10 bits per heavy atom. The second-order valence-corrected chi connectivity index (χ2v) is 5.41. The van der Waals surface area contributed by atoms with E-state index in [4.69, 9.17) is 18.0 Å². The number of benzene rings is 2. The van der Waals surface area contributed by atoms with Gasteiger partial charge in [0.05, 0.1) is 0 Å². The lowest BCUT2D eigenvalue weighted by Gasteiger charge is -2.13. The van der Waals surface area contributed by atoms with Gasteiger partial charge in [-0.05, 0) is 42.2 Å². The molecule has 0 aromatic heterocycles. The molecule has 0 fully saturated rings. The molecule has 0 saturated heterocycles. The van der Waals surface area contributed by atoms with Crippen LogP contribution in [0.1, 0.15) is 30.4 Å². The zero-order valence-corrected chi connectivity index (χ0v) is 12.5. The van der Waals surface area contributed by atoms with E-state index in [1.54, 1.807) is 0 Å². The Kier molecular flexibility index (Phi) is 5.13. The van der Waals surface area contributed by atoms with Crippen molar-refractivity contribution in [3.63, 3.8) is 0 Å². The molecule has 0 heterocycles.